The summed E-state index contributed by atoms with van der Waals surface area (Å²) in [5.74, 6) is -0.641. The number of piperidine rings is 1. The van der Waals surface area contributed by atoms with Crippen molar-refractivity contribution in [2.45, 2.75) is 35.7 Å². The van der Waals surface area contributed by atoms with E-state index in [1.165, 1.54) is 4.90 Å². The summed E-state index contributed by atoms with van der Waals surface area (Å²) >= 11 is 1.56. The van der Waals surface area contributed by atoms with Gasteiger partial charge in [-0.2, -0.15) is 0 Å². The lowest BCUT2D eigenvalue weighted by atomic mass is 10.0. The molecule has 1 fully saturated rings. The summed E-state index contributed by atoms with van der Waals surface area (Å²) in [6.07, 6.45) is 0.584. The number of nitrogens with zero attached hydrogens (tertiary/aromatic N) is 2. The van der Waals surface area contributed by atoms with Gasteiger partial charge in [0.25, 0.3) is 11.8 Å². The highest BCUT2D eigenvalue weighted by Crippen LogP contribution is 2.47. The van der Waals surface area contributed by atoms with Crippen LogP contribution in [0.25, 0.3) is 0 Å². The largest absolute Gasteiger partial charge is 0.310 e. The Hall–Kier alpha value is -3.38. The van der Waals surface area contributed by atoms with Gasteiger partial charge in [-0.15, -0.1) is 0 Å². The van der Waals surface area contributed by atoms with Crippen molar-refractivity contribution >= 4 is 29.5 Å². The fourth-order valence-corrected chi connectivity index (χ4v) is 5.63. The summed E-state index contributed by atoms with van der Waals surface area (Å²) in [5.41, 5.74) is 2.42. The summed E-state index contributed by atoms with van der Waals surface area (Å²) in [7, 11) is 0. The molecule has 5 rings (SSSR count). The second-order valence-corrected chi connectivity index (χ2v) is 9.09. The van der Waals surface area contributed by atoms with E-state index in [-0.39, 0.29) is 36.1 Å². The van der Waals surface area contributed by atoms with Crippen molar-refractivity contribution in [1.29, 1.82) is 0 Å². The maximum absolute atomic E-state index is 13.5. The van der Waals surface area contributed by atoms with Crippen LogP contribution in [0.3, 0.4) is 0 Å². The van der Waals surface area contributed by atoms with Gasteiger partial charge in [-0.3, -0.25) is 19.3 Å². The molecule has 2 aliphatic rings. The number of carbonyl (C=O) groups is 3. The van der Waals surface area contributed by atoms with Crippen LogP contribution in [0, 0.1) is 0 Å². The minimum absolute atomic E-state index is 0.151. The van der Waals surface area contributed by atoms with Gasteiger partial charge in [0.05, 0.1) is 6.54 Å². The fraction of sp³-hybridized carbons (Fsp3) is 0.192. The monoisotopic (exact) mass is 442 g/mol. The molecule has 0 radical (unpaired) electrons. The van der Waals surface area contributed by atoms with Crippen LogP contribution in [0.4, 0.5) is 0 Å². The average Bonchev–Trinajstić information content (AvgIpc) is 3.10. The van der Waals surface area contributed by atoms with Gasteiger partial charge in [0.15, 0.2) is 0 Å². The van der Waals surface area contributed by atoms with Gasteiger partial charge in [0, 0.05) is 16.9 Å². The SMILES string of the molecule is O=C1CCC(N2C(=O)c3ccccc3C2Sc2ccccc2)C(=O)N1Cc1ccccc1. The standard InChI is InChI=1S/C26H22N2O3S/c29-23-16-15-22(25(31)27(23)17-18-9-3-1-4-10-18)28-24(30)20-13-7-8-14-21(20)26(28)32-19-11-5-2-6-12-19/h1-14,22,26H,15-17H2. The van der Waals surface area contributed by atoms with Crippen LogP contribution in [0.5, 0.6) is 0 Å². The van der Waals surface area contributed by atoms with Gasteiger partial charge in [0.2, 0.25) is 5.91 Å². The Kier molecular flexibility index (Phi) is 5.53. The molecular formula is C26H22N2O3S. The smallest absolute Gasteiger partial charge is 0.256 e. The van der Waals surface area contributed by atoms with Gasteiger partial charge in [0.1, 0.15) is 11.4 Å². The number of rotatable bonds is 5. The van der Waals surface area contributed by atoms with Crippen LogP contribution in [-0.2, 0) is 16.1 Å². The van der Waals surface area contributed by atoms with Crippen LogP contribution in [0.2, 0.25) is 0 Å². The molecule has 5 nitrogen and oxygen atoms in total. The molecule has 2 aliphatic heterocycles. The number of hydrogen-bond donors (Lipinski definition) is 0. The predicted molar refractivity (Wildman–Crippen MR) is 123 cm³/mol. The lowest BCUT2D eigenvalue weighted by Crippen LogP contribution is -2.54. The minimum Gasteiger partial charge on any atom is -0.310 e. The normalized spacial score (nSPS) is 20.6. The maximum Gasteiger partial charge on any atom is 0.256 e. The van der Waals surface area contributed by atoms with E-state index >= 15 is 0 Å². The molecule has 0 aromatic heterocycles. The third-order valence-corrected chi connectivity index (χ3v) is 7.19. The van der Waals surface area contributed by atoms with Crippen LogP contribution in [0.15, 0.2) is 89.8 Å². The number of hydrogen-bond acceptors (Lipinski definition) is 4. The van der Waals surface area contributed by atoms with Crippen molar-refractivity contribution in [2.24, 2.45) is 0 Å². The van der Waals surface area contributed by atoms with Crippen molar-refractivity contribution < 1.29 is 14.4 Å². The van der Waals surface area contributed by atoms with E-state index in [0.717, 1.165) is 16.0 Å². The Morgan fingerprint density at radius 3 is 2.22 bits per heavy atom. The number of amides is 3. The van der Waals surface area contributed by atoms with Gasteiger partial charge >= 0.3 is 0 Å². The zero-order valence-electron chi connectivity index (χ0n) is 17.4. The van der Waals surface area contributed by atoms with Gasteiger partial charge in [-0.05, 0) is 35.7 Å². The number of thioether (sulfide) groups is 1. The minimum atomic E-state index is -0.669. The topological polar surface area (TPSA) is 57.7 Å². The van der Waals surface area contributed by atoms with Gasteiger partial charge in [-0.25, -0.2) is 0 Å². The van der Waals surface area contributed by atoms with Gasteiger partial charge in [-0.1, -0.05) is 78.5 Å². The maximum atomic E-state index is 13.5. The first-order valence-corrected chi connectivity index (χ1v) is 11.5. The molecule has 3 aromatic rings. The van der Waals surface area contributed by atoms with E-state index < -0.39 is 6.04 Å². The second kappa shape index (κ2) is 8.63. The van der Waals surface area contributed by atoms with Crippen molar-refractivity contribution in [2.75, 3.05) is 0 Å². The van der Waals surface area contributed by atoms with Crippen LogP contribution < -0.4 is 0 Å². The lowest BCUT2D eigenvalue weighted by Gasteiger charge is -2.38. The third-order valence-electron chi connectivity index (χ3n) is 5.94. The average molecular weight is 443 g/mol. The van der Waals surface area contributed by atoms with E-state index in [0.29, 0.717) is 12.0 Å². The first-order valence-electron chi connectivity index (χ1n) is 10.6. The molecule has 3 amide bonds. The molecule has 32 heavy (non-hydrogen) atoms. The number of benzene rings is 3. The van der Waals surface area contributed by atoms with E-state index in [9.17, 15) is 14.4 Å². The van der Waals surface area contributed by atoms with E-state index in [1.54, 1.807) is 16.7 Å². The molecule has 0 bridgehead atoms. The van der Waals surface area contributed by atoms with Crippen LogP contribution in [0.1, 0.15) is 39.7 Å². The Bertz CT molecular complexity index is 1170. The molecule has 0 N–H and O–H groups in total. The predicted octanol–water partition coefficient (Wildman–Crippen LogP) is 4.65. The molecule has 3 aromatic carbocycles. The number of fused-ring (bicyclic) bond motifs is 1. The Balaban J connectivity index is 1.48. The first-order chi connectivity index (χ1) is 15.6. The van der Waals surface area contributed by atoms with Crippen molar-refractivity contribution in [3.63, 3.8) is 0 Å². The fourth-order valence-electron chi connectivity index (χ4n) is 4.37. The highest BCUT2D eigenvalue weighted by Gasteiger charge is 2.47. The highest BCUT2D eigenvalue weighted by molar-refractivity contribution is 7.99. The summed E-state index contributed by atoms with van der Waals surface area (Å²) in [6, 6.07) is 26.2. The zero-order chi connectivity index (χ0) is 22.1. The molecule has 2 unspecified atom stereocenters. The number of likely N-dealkylation sites (tertiary alicyclic amines) is 1. The molecule has 2 atom stereocenters. The van der Waals surface area contributed by atoms with Crippen LogP contribution >= 0.6 is 11.8 Å². The quantitative estimate of drug-likeness (QED) is 0.540. The number of imide groups is 1. The van der Waals surface area contributed by atoms with Crippen molar-refractivity contribution in [3.05, 3.63) is 102 Å². The molecule has 2 heterocycles. The third kappa shape index (κ3) is 3.71. The molecule has 6 heteroatoms. The first kappa shape index (κ1) is 20.5. The molecule has 0 aliphatic carbocycles. The van der Waals surface area contributed by atoms with Crippen molar-refractivity contribution in [3.8, 4) is 0 Å². The van der Waals surface area contributed by atoms with E-state index in [4.69, 9.17) is 0 Å². The number of carbonyl (C=O) groups excluding carboxylic acids is 3. The molecular weight excluding hydrogens is 420 g/mol. The zero-order valence-corrected chi connectivity index (χ0v) is 18.2. The van der Waals surface area contributed by atoms with Crippen LogP contribution in [-0.4, -0.2) is 33.6 Å². The summed E-state index contributed by atoms with van der Waals surface area (Å²) < 4.78 is 0. The van der Waals surface area contributed by atoms with Gasteiger partial charge < -0.3 is 4.90 Å². The van der Waals surface area contributed by atoms with E-state index in [1.807, 2.05) is 84.9 Å². The molecule has 0 spiro atoms. The van der Waals surface area contributed by atoms with Crippen molar-refractivity contribution in [1.82, 2.24) is 9.80 Å². The summed E-state index contributed by atoms with van der Waals surface area (Å²) in [6.45, 7) is 0.223. The molecule has 1 saturated heterocycles. The van der Waals surface area contributed by atoms with E-state index in [2.05, 4.69) is 0 Å². The Morgan fingerprint density at radius 1 is 0.812 bits per heavy atom. The summed E-state index contributed by atoms with van der Waals surface area (Å²) in [5, 5.41) is -0.318. The summed E-state index contributed by atoms with van der Waals surface area (Å²) in [4.78, 5) is 43.6. The lowest BCUT2D eigenvalue weighted by molar-refractivity contribution is -0.153. The molecule has 0 saturated carbocycles. The highest BCUT2D eigenvalue weighted by atomic mass is 32.2. The Morgan fingerprint density at radius 2 is 1.47 bits per heavy atom. The molecule has 160 valence electrons. The Labute approximate surface area is 191 Å². The second-order valence-electron chi connectivity index (χ2n) is 7.94.